The molecule has 0 heterocycles. The Hall–Kier alpha value is 0.771. The molecule has 0 aromatic carbocycles. The Morgan fingerprint density at radius 3 is 0.667 bits per heavy atom. The molecule has 0 aliphatic heterocycles. The van der Waals surface area contributed by atoms with Gasteiger partial charge in [0.2, 0.25) is 0 Å². The molecule has 0 saturated carbocycles. The summed E-state index contributed by atoms with van der Waals surface area (Å²) in [7, 11) is -4.61. The van der Waals surface area contributed by atoms with Crippen molar-refractivity contribution < 1.29 is 35.8 Å². The van der Waals surface area contributed by atoms with Gasteiger partial charge in [-0.25, -0.2) is 0 Å². The number of hydrogen-bond donors (Lipinski definition) is 4. The van der Waals surface area contributed by atoms with Gasteiger partial charge in [0.1, 0.15) is 0 Å². The summed E-state index contributed by atoms with van der Waals surface area (Å²) in [6.07, 6.45) is 0. The summed E-state index contributed by atoms with van der Waals surface area (Å²) in [5.41, 5.74) is 0. The average molecular weight is 316 g/mol. The van der Waals surface area contributed by atoms with Crippen molar-refractivity contribution >= 4 is 9.05 Å². The first-order chi connectivity index (χ1) is 7.77. The summed E-state index contributed by atoms with van der Waals surface area (Å²) < 4.78 is 3.83. The summed E-state index contributed by atoms with van der Waals surface area (Å²) >= 11 is -1.67. The van der Waals surface area contributed by atoms with Crippen molar-refractivity contribution in [3.8, 4) is 0 Å². The van der Waals surface area contributed by atoms with Gasteiger partial charge in [-0.05, 0) is 0 Å². The van der Waals surface area contributed by atoms with Crippen LogP contribution < -0.4 is 0 Å². The van der Waals surface area contributed by atoms with Crippen LogP contribution in [0, 0.1) is 0 Å². The van der Waals surface area contributed by atoms with E-state index in [2.05, 4.69) is 55.4 Å². The molecule has 0 atom stereocenters. The maximum absolute atomic E-state index is 7.33. The van der Waals surface area contributed by atoms with Crippen LogP contribution in [0.25, 0.3) is 0 Å². The Morgan fingerprint density at radius 1 is 0.556 bits per heavy atom. The molecule has 0 aromatic heterocycles. The fraction of sp³-hybridized carbons (Fsp3) is 1.00. The molecule has 4 N–H and O–H groups in total. The molecule has 0 rings (SSSR count). The predicted molar refractivity (Wildman–Crippen MR) is 75.0 cm³/mol. The third kappa shape index (κ3) is 6.80. The van der Waals surface area contributed by atoms with Crippen LogP contribution in [0.4, 0.5) is 0 Å². The molecule has 0 amide bonds. The van der Waals surface area contributed by atoms with Crippen molar-refractivity contribution in [1.29, 1.82) is 0 Å². The number of rotatable bonds is 4. The van der Waals surface area contributed by atoms with Gasteiger partial charge in [0.15, 0.2) is 0 Å². The smallest absolute Gasteiger partial charge is 0.368 e. The minimum atomic E-state index is -4.61. The van der Waals surface area contributed by atoms with Crippen LogP contribution in [0.2, 0.25) is 16.9 Å². The third-order valence-corrected chi connectivity index (χ3v) is 16.5. The second-order valence-corrected chi connectivity index (χ2v) is 17.8. The Morgan fingerprint density at radius 2 is 0.667 bits per heavy atom. The van der Waals surface area contributed by atoms with Gasteiger partial charge in [-0.15, -0.1) is 0 Å². The average Bonchev–Trinajstić information content (AvgIpc) is 1.96. The third-order valence-electron chi connectivity index (χ3n) is 4.00. The van der Waals surface area contributed by atoms with E-state index in [-0.39, 0.29) is 0 Å². The molecule has 112 valence electrons. The molecular formula is C12H32O4SiTi. The molecular weight excluding hydrogens is 284 g/mol. The zero-order valence-corrected chi connectivity index (χ0v) is 15.7. The quantitative estimate of drug-likeness (QED) is 0.601. The fourth-order valence-electron chi connectivity index (χ4n) is 4.00. The van der Waals surface area contributed by atoms with Crippen molar-refractivity contribution in [2.45, 2.75) is 72.3 Å². The monoisotopic (exact) mass is 316 g/mol. The predicted octanol–water partition coefficient (Wildman–Crippen LogP) is 2.84. The van der Waals surface area contributed by atoms with E-state index in [0.717, 1.165) is 16.9 Å². The van der Waals surface area contributed by atoms with Crippen molar-refractivity contribution in [2.75, 3.05) is 0 Å². The van der Waals surface area contributed by atoms with Crippen molar-refractivity contribution in [1.82, 2.24) is 0 Å². The van der Waals surface area contributed by atoms with Gasteiger partial charge in [-0.2, -0.15) is 0 Å². The van der Waals surface area contributed by atoms with Gasteiger partial charge < -0.3 is 19.2 Å². The molecule has 0 radical (unpaired) electrons. The van der Waals surface area contributed by atoms with E-state index < -0.39 is 25.6 Å². The van der Waals surface area contributed by atoms with Crippen LogP contribution >= 0.6 is 0 Å². The molecule has 0 bridgehead atoms. The second-order valence-electron chi connectivity index (χ2n) is 6.22. The van der Waals surface area contributed by atoms with Gasteiger partial charge in [-0.3, -0.25) is 0 Å². The first kappa shape index (κ1) is 21.1. The molecule has 0 saturated heterocycles. The Labute approximate surface area is 117 Å². The van der Waals surface area contributed by atoms with Crippen LogP contribution in [-0.2, 0) is 16.6 Å². The maximum Gasteiger partial charge on any atom is 0.668 e. The van der Waals surface area contributed by atoms with E-state index in [1.54, 1.807) is 0 Å². The molecule has 0 unspecified atom stereocenters. The summed E-state index contributed by atoms with van der Waals surface area (Å²) in [5.74, 6) is 0. The van der Waals surface area contributed by atoms with Crippen molar-refractivity contribution in [3.05, 3.63) is 0 Å². The summed E-state index contributed by atoms with van der Waals surface area (Å²) in [5, 5.41) is 0. The number of hydrogen-bond acceptors (Lipinski definition) is 4. The molecule has 4 nitrogen and oxygen atoms in total. The second kappa shape index (κ2) is 8.15. The van der Waals surface area contributed by atoms with Crippen LogP contribution in [-0.4, -0.2) is 28.2 Å². The topological polar surface area (TPSA) is 80.9 Å². The van der Waals surface area contributed by atoms with Crippen LogP contribution in [0.5, 0.6) is 0 Å². The van der Waals surface area contributed by atoms with E-state index >= 15 is 0 Å². The van der Waals surface area contributed by atoms with Crippen LogP contribution in [0.3, 0.4) is 0 Å². The molecule has 0 aliphatic carbocycles. The van der Waals surface area contributed by atoms with Crippen LogP contribution in [0.1, 0.15) is 55.4 Å². The van der Waals surface area contributed by atoms with Gasteiger partial charge in [0.25, 0.3) is 0 Å². The zero-order valence-electron chi connectivity index (χ0n) is 13.1. The maximum atomic E-state index is 7.33. The molecule has 0 fully saturated rings. The summed E-state index contributed by atoms with van der Waals surface area (Å²) in [4.78, 5) is 29.3. The molecule has 0 aliphatic rings. The normalized spacial score (nSPS) is 13.3. The molecule has 18 heavy (non-hydrogen) atoms. The Kier molecular flexibility index (Phi) is 9.54. The first-order valence-corrected chi connectivity index (χ1v) is 12.1. The van der Waals surface area contributed by atoms with E-state index in [1.165, 1.54) is 0 Å². The van der Waals surface area contributed by atoms with Gasteiger partial charge in [-0.1, -0.05) is 0 Å². The van der Waals surface area contributed by atoms with Gasteiger partial charge in [0.05, 0.1) is 0 Å². The Balaban J connectivity index is 0. The molecule has 6 heteroatoms. The van der Waals surface area contributed by atoms with Crippen molar-refractivity contribution in [2.24, 2.45) is 0 Å². The zero-order chi connectivity index (χ0) is 15.3. The summed E-state index contributed by atoms with van der Waals surface area (Å²) in [6.45, 7) is 19.7. The minimum absolute atomic E-state index is 0.958. The van der Waals surface area contributed by atoms with E-state index in [4.69, 9.17) is 19.2 Å². The largest absolute Gasteiger partial charge is 0.668 e. The summed E-state index contributed by atoms with van der Waals surface area (Å²) in [6, 6.07) is 0. The Bertz CT molecular complexity index is 181. The fourth-order valence-corrected chi connectivity index (χ4v) is 16.5. The first-order valence-electron chi connectivity index (χ1n) is 6.67. The van der Waals surface area contributed by atoms with Gasteiger partial charge in [0, 0.05) is 0 Å². The molecule has 0 spiro atoms. The standard InChI is InChI=1S/4C3H7.H4O4Si.Ti/c4*1-3-2;1-5(2,3)4;/h4*3H,1-2H3;1-4H;. The van der Waals surface area contributed by atoms with Crippen LogP contribution in [0.15, 0.2) is 0 Å². The van der Waals surface area contributed by atoms with Crippen molar-refractivity contribution in [3.63, 3.8) is 0 Å². The minimum Gasteiger partial charge on any atom is -0.368 e. The van der Waals surface area contributed by atoms with E-state index in [9.17, 15) is 0 Å². The van der Waals surface area contributed by atoms with E-state index in [0.29, 0.717) is 0 Å². The van der Waals surface area contributed by atoms with Gasteiger partial charge >= 0.3 is 97.9 Å². The SMILES string of the molecule is C[CH](C)[Ti]([CH](C)C)([CH](C)C)[CH](C)C.O[Si](O)(O)O. The molecule has 0 aromatic rings. The van der Waals surface area contributed by atoms with E-state index in [1.807, 2.05) is 0 Å².